The monoisotopic (exact) mass is 326 g/mol. The summed E-state index contributed by atoms with van der Waals surface area (Å²) in [6, 6.07) is 8.37. The number of carbonyl (C=O) groups is 1. The first-order chi connectivity index (χ1) is 10.2. The van der Waals surface area contributed by atoms with Crippen LogP contribution in [-0.4, -0.2) is 32.1 Å². The van der Waals surface area contributed by atoms with Crippen LogP contribution in [0.1, 0.15) is 31.7 Å². The lowest BCUT2D eigenvalue weighted by molar-refractivity contribution is -0.122. The van der Waals surface area contributed by atoms with Crippen molar-refractivity contribution in [3.8, 4) is 5.75 Å². The van der Waals surface area contributed by atoms with Crippen LogP contribution in [0.15, 0.2) is 24.3 Å². The van der Waals surface area contributed by atoms with Crippen molar-refractivity contribution in [1.29, 1.82) is 0 Å². The number of ether oxygens (including phenoxy) is 1. The highest BCUT2D eigenvalue weighted by molar-refractivity contribution is 5.85. The van der Waals surface area contributed by atoms with Crippen molar-refractivity contribution < 1.29 is 9.53 Å². The minimum Gasteiger partial charge on any atom is -0.496 e. The van der Waals surface area contributed by atoms with Crippen LogP contribution in [0.25, 0.3) is 0 Å². The Balaban J connectivity index is 0.00000242. The number of nitrogens with one attached hydrogen (secondary N) is 2. The standard InChI is InChI=1S/C17H26N2O2.ClH/c1-13(11-14-5-3-4-6-16(14)21-2)12-17(20)19-15-7-9-18-10-8-15;/h3-6,13,15,18H,7-12H2,1-2H3,(H,19,20);1H. The molecule has 1 aromatic rings. The van der Waals surface area contributed by atoms with Crippen LogP contribution < -0.4 is 15.4 Å². The van der Waals surface area contributed by atoms with E-state index < -0.39 is 0 Å². The number of para-hydroxylation sites is 1. The van der Waals surface area contributed by atoms with Crippen molar-refractivity contribution in [1.82, 2.24) is 10.6 Å². The van der Waals surface area contributed by atoms with Gasteiger partial charge in [-0.05, 0) is 49.9 Å². The highest BCUT2D eigenvalue weighted by Gasteiger charge is 2.17. The van der Waals surface area contributed by atoms with Crippen LogP contribution in [0.3, 0.4) is 0 Å². The second-order valence-corrected chi connectivity index (χ2v) is 5.92. The highest BCUT2D eigenvalue weighted by Crippen LogP contribution is 2.22. The number of rotatable bonds is 6. The summed E-state index contributed by atoms with van der Waals surface area (Å²) in [7, 11) is 1.69. The third-order valence-electron chi connectivity index (χ3n) is 4.00. The topological polar surface area (TPSA) is 50.4 Å². The first-order valence-electron chi connectivity index (χ1n) is 7.81. The Morgan fingerprint density at radius 3 is 2.73 bits per heavy atom. The van der Waals surface area contributed by atoms with Gasteiger partial charge in [-0.2, -0.15) is 0 Å². The van der Waals surface area contributed by atoms with Crippen molar-refractivity contribution in [3.63, 3.8) is 0 Å². The van der Waals surface area contributed by atoms with E-state index in [-0.39, 0.29) is 18.3 Å². The largest absolute Gasteiger partial charge is 0.496 e. The molecule has 5 heteroatoms. The maximum atomic E-state index is 12.1. The third kappa shape index (κ3) is 5.85. The van der Waals surface area contributed by atoms with Gasteiger partial charge in [-0.3, -0.25) is 4.79 Å². The number of amides is 1. The van der Waals surface area contributed by atoms with Gasteiger partial charge < -0.3 is 15.4 Å². The van der Waals surface area contributed by atoms with Crippen LogP contribution in [0.5, 0.6) is 5.75 Å². The molecule has 124 valence electrons. The smallest absolute Gasteiger partial charge is 0.220 e. The lowest BCUT2D eigenvalue weighted by Crippen LogP contribution is -2.43. The summed E-state index contributed by atoms with van der Waals surface area (Å²) in [6.45, 7) is 4.12. The number of carbonyl (C=O) groups excluding carboxylic acids is 1. The molecule has 1 aliphatic heterocycles. The Morgan fingerprint density at radius 1 is 1.36 bits per heavy atom. The molecule has 1 heterocycles. The van der Waals surface area contributed by atoms with Crippen molar-refractivity contribution in [2.75, 3.05) is 20.2 Å². The Morgan fingerprint density at radius 2 is 2.05 bits per heavy atom. The maximum Gasteiger partial charge on any atom is 0.220 e. The molecule has 1 aromatic carbocycles. The summed E-state index contributed by atoms with van der Waals surface area (Å²) in [6.07, 6.45) is 3.50. The first-order valence-corrected chi connectivity index (χ1v) is 7.81. The molecule has 4 nitrogen and oxygen atoms in total. The average molecular weight is 327 g/mol. The molecule has 0 bridgehead atoms. The molecule has 0 radical (unpaired) electrons. The van der Waals surface area contributed by atoms with Gasteiger partial charge in [0.05, 0.1) is 7.11 Å². The molecule has 1 unspecified atom stereocenters. The summed E-state index contributed by atoms with van der Waals surface area (Å²) >= 11 is 0. The van der Waals surface area contributed by atoms with E-state index in [1.54, 1.807) is 7.11 Å². The van der Waals surface area contributed by atoms with Crippen LogP contribution in [0.4, 0.5) is 0 Å². The fourth-order valence-corrected chi connectivity index (χ4v) is 2.89. The molecule has 2 rings (SSSR count). The van der Waals surface area contributed by atoms with Crippen molar-refractivity contribution in [2.24, 2.45) is 5.92 Å². The lowest BCUT2D eigenvalue weighted by atomic mass is 9.96. The Bertz CT molecular complexity index is 462. The fourth-order valence-electron chi connectivity index (χ4n) is 2.89. The van der Waals surface area contributed by atoms with Crippen molar-refractivity contribution in [3.05, 3.63) is 29.8 Å². The second-order valence-electron chi connectivity index (χ2n) is 5.92. The predicted molar refractivity (Wildman–Crippen MR) is 91.8 cm³/mol. The molecule has 0 aliphatic carbocycles. The summed E-state index contributed by atoms with van der Waals surface area (Å²) in [5.74, 6) is 1.38. The molecular formula is C17H27ClN2O2. The Labute approximate surface area is 139 Å². The van der Waals surface area contributed by atoms with E-state index in [0.29, 0.717) is 18.4 Å². The van der Waals surface area contributed by atoms with E-state index in [2.05, 4.69) is 23.6 Å². The van der Waals surface area contributed by atoms with Gasteiger partial charge in [0.2, 0.25) is 5.91 Å². The molecule has 1 fully saturated rings. The lowest BCUT2D eigenvalue weighted by Gasteiger charge is -2.24. The molecule has 1 saturated heterocycles. The number of piperidine rings is 1. The van der Waals surface area contributed by atoms with Crippen LogP contribution in [-0.2, 0) is 11.2 Å². The number of hydrogen-bond acceptors (Lipinski definition) is 3. The Hall–Kier alpha value is -1.26. The molecule has 1 aliphatic rings. The average Bonchev–Trinajstić information content (AvgIpc) is 2.48. The van der Waals surface area contributed by atoms with E-state index in [4.69, 9.17) is 4.74 Å². The van der Waals surface area contributed by atoms with Gasteiger partial charge in [-0.25, -0.2) is 0 Å². The minimum atomic E-state index is 0. The van der Waals surface area contributed by atoms with Gasteiger partial charge in [0.25, 0.3) is 0 Å². The van der Waals surface area contributed by atoms with Gasteiger partial charge >= 0.3 is 0 Å². The third-order valence-corrected chi connectivity index (χ3v) is 4.00. The summed E-state index contributed by atoms with van der Waals surface area (Å²) < 4.78 is 5.37. The molecule has 0 spiro atoms. The summed E-state index contributed by atoms with van der Waals surface area (Å²) in [4.78, 5) is 12.1. The molecule has 1 atom stereocenters. The zero-order valence-electron chi connectivity index (χ0n) is 13.4. The van der Waals surface area contributed by atoms with Crippen molar-refractivity contribution in [2.45, 2.75) is 38.6 Å². The van der Waals surface area contributed by atoms with Gasteiger partial charge in [0.1, 0.15) is 5.75 Å². The maximum absolute atomic E-state index is 12.1. The first kappa shape index (κ1) is 18.8. The normalized spacial score (nSPS) is 16.5. The SMILES string of the molecule is COc1ccccc1CC(C)CC(=O)NC1CCNCC1.Cl. The second kappa shape index (κ2) is 9.70. The van der Waals surface area contributed by atoms with E-state index >= 15 is 0 Å². The van der Waals surface area contributed by atoms with Crippen LogP contribution in [0, 0.1) is 5.92 Å². The molecule has 1 amide bonds. The van der Waals surface area contributed by atoms with Crippen LogP contribution >= 0.6 is 12.4 Å². The fraction of sp³-hybridized carbons (Fsp3) is 0.588. The van der Waals surface area contributed by atoms with Crippen LogP contribution in [0.2, 0.25) is 0 Å². The van der Waals surface area contributed by atoms with Gasteiger partial charge in [0.15, 0.2) is 0 Å². The zero-order valence-corrected chi connectivity index (χ0v) is 14.2. The van der Waals surface area contributed by atoms with Gasteiger partial charge in [-0.15, -0.1) is 12.4 Å². The predicted octanol–water partition coefficient (Wildman–Crippen LogP) is 2.55. The summed E-state index contributed by atoms with van der Waals surface area (Å²) in [5, 5.41) is 6.46. The number of methoxy groups -OCH3 is 1. The molecule has 2 N–H and O–H groups in total. The van der Waals surface area contributed by atoms with Gasteiger partial charge in [0, 0.05) is 12.5 Å². The molecular weight excluding hydrogens is 300 g/mol. The molecule has 0 aromatic heterocycles. The van der Waals surface area contributed by atoms with Crippen molar-refractivity contribution >= 4 is 18.3 Å². The number of halogens is 1. The minimum absolute atomic E-state index is 0. The molecule has 22 heavy (non-hydrogen) atoms. The Kier molecular flexibility index (Phi) is 8.28. The highest BCUT2D eigenvalue weighted by atomic mass is 35.5. The number of benzene rings is 1. The molecule has 0 saturated carbocycles. The quantitative estimate of drug-likeness (QED) is 0.844. The zero-order chi connectivity index (χ0) is 15.1. The summed E-state index contributed by atoms with van der Waals surface area (Å²) in [5.41, 5.74) is 1.17. The van der Waals surface area contributed by atoms with Gasteiger partial charge in [-0.1, -0.05) is 25.1 Å². The van der Waals surface area contributed by atoms with E-state index in [0.717, 1.165) is 38.1 Å². The van der Waals surface area contributed by atoms with E-state index in [1.807, 2.05) is 18.2 Å². The van der Waals surface area contributed by atoms with E-state index in [1.165, 1.54) is 5.56 Å². The van der Waals surface area contributed by atoms with E-state index in [9.17, 15) is 4.79 Å². The number of hydrogen-bond donors (Lipinski definition) is 2.